The van der Waals surface area contributed by atoms with Crippen LogP contribution in [0.5, 0.6) is 11.5 Å². The number of alkyl halides is 2. The molecular weight excluding hydrogens is 543 g/mol. The van der Waals surface area contributed by atoms with Crippen LogP contribution in [0.1, 0.15) is 57.0 Å². The van der Waals surface area contributed by atoms with E-state index in [1.165, 1.54) is 24.4 Å². The Labute approximate surface area is 211 Å². The Morgan fingerprint density at radius 2 is 1.88 bits per heavy atom. The number of hydrogen-bond donors (Lipinski definition) is 2. The highest BCUT2D eigenvalue weighted by molar-refractivity contribution is 14.0. The molecule has 7 nitrogen and oxygen atoms in total. The van der Waals surface area contributed by atoms with Gasteiger partial charge in [-0.25, -0.2) is 9.98 Å². The summed E-state index contributed by atoms with van der Waals surface area (Å²) in [6.45, 7) is 0.752. The molecule has 0 unspecified atom stereocenters. The van der Waals surface area contributed by atoms with Crippen LogP contribution in [0, 0.1) is 0 Å². The molecule has 2 aromatic rings. The van der Waals surface area contributed by atoms with Gasteiger partial charge in [-0.2, -0.15) is 8.78 Å². The SMILES string of the molecule is CCNC(=NCc1nccn1C(F)F)NCC1(c2ccc(OC)c(OC)c2)CCCCC1.I. The topological polar surface area (TPSA) is 72.7 Å². The molecule has 0 radical (unpaired) electrons. The number of aromatic nitrogens is 2. The van der Waals surface area contributed by atoms with E-state index in [0.29, 0.717) is 30.5 Å². The highest BCUT2D eigenvalue weighted by atomic mass is 127. The van der Waals surface area contributed by atoms with Crippen molar-refractivity contribution in [1.82, 2.24) is 20.2 Å². The summed E-state index contributed by atoms with van der Waals surface area (Å²) in [6.07, 6.45) is 8.25. The quantitative estimate of drug-likeness (QED) is 0.253. The molecule has 0 saturated heterocycles. The largest absolute Gasteiger partial charge is 0.493 e. The summed E-state index contributed by atoms with van der Waals surface area (Å²) in [5.41, 5.74) is 1.13. The van der Waals surface area contributed by atoms with Gasteiger partial charge in [-0.05, 0) is 37.5 Å². The van der Waals surface area contributed by atoms with Gasteiger partial charge in [-0.3, -0.25) is 4.57 Å². The van der Waals surface area contributed by atoms with Crippen LogP contribution >= 0.6 is 24.0 Å². The maximum atomic E-state index is 13.1. The minimum atomic E-state index is -2.63. The molecule has 33 heavy (non-hydrogen) atoms. The number of imidazole rings is 1. The average Bonchev–Trinajstić information content (AvgIpc) is 3.30. The summed E-state index contributed by atoms with van der Waals surface area (Å²) in [6, 6.07) is 6.13. The lowest BCUT2D eigenvalue weighted by Crippen LogP contribution is -2.46. The number of ether oxygens (including phenoxy) is 2. The van der Waals surface area contributed by atoms with Crippen LogP contribution in [0.3, 0.4) is 0 Å². The number of benzene rings is 1. The molecule has 184 valence electrons. The zero-order valence-corrected chi connectivity index (χ0v) is 21.8. The third-order valence-electron chi connectivity index (χ3n) is 6.08. The number of nitrogens with one attached hydrogen (secondary N) is 2. The van der Waals surface area contributed by atoms with Crippen molar-refractivity contribution < 1.29 is 18.3 Å². The van der Waals surface area contributed by atoms with Crippen LogP contribution in [0.15, 0.2) is 35.6 Å². The van der Waals surface area contributed by atoms with E-state index in [-0.39, 0.29) is 41.8 Å². The smallest absolute Gasteiger partial charge is 0.319 e. The zero-order valence-electron chi connectivity index (χ0n) is 19.4. The molecular formula is C23H34F2IN5O2. The Morgan fingerprint density at radius 1 is 1.15 bits per heavy atom. The van der Waals surface area contributed by atoms with E-state index in [1.807, 2.05) is 13.0 Å². The second-order valence-corrected chi connectivity index (χ2v) is 7.99. The molecule has 1 aliphatic carbocycles. The Bertz CT molecular complexity index is 901. The molecule has 0 spiro atoms. The molecule has 0 bridgehead atoms. The van der Waals surface area contributed by atoms with Crippen molar-refractivity contribution in [2.75, 3.05) is 27.3 Å². The van der Waals surface area contributed by atoms with Gasteiger partial charge in [0, 0.05) is 30.9 Å². The molecule has 0 aliphatic heterocycles. The first-order valence-corrected chi connectivity index (χ1v) is 11.1. The number of guanidine groups is 1. The fourth-order valence-electron chi connectivity index (χ4n) is 4.35. The first-order chi connectivity index (χ1) is 15.5. The van der Waals surface area contributed by atoms with Crippen LogP contribution in [0.2, 0.25) is 0 Å². The van der Waals surface area contributed by atoms with Crippen LogP contribution in [0.25, 0.3) is 0 Å². The van der Waals surface area contributed by atoms with Crippen molar-refractivity contribution in [3.8, 4) is 11.5 Å². The molecule has 1 saturated carbocycles. The molecule has 3 rings (SSSR count). The fourth-order valence-corrected chi connectivity index (χ4v) is 4.35. The monoisotopic (exact) mass is 577 g/mol. The normalized spacial score (nSPS) is 15.6. The summed E-state index contributed by atoms with van der Waals surface area (Å²) in [7, 11) is 3.28. The van der Waals surface area contributed by atoms with E-state index >= 15 is 0 Å². The van der Waals surface area contributed by atoms with Gasteiger partial charge >= 0.3 is 6.55 Å². The second-order valence-electron chi connectivity index (χ2n) is 7.99. The molecule has 1 aromatic carbocycles. The molecule has 0 atom stereocenters. The number of halogens is 3. The molecule has 10 heteroatoms. The number of hydrogen-bond acceptors (Lipinski definition) is 4. The molecule has 1 heterocycles. The Hall–Kier alpha value is -2.11. The molecule has 0 amide bonds. The van der Waals surface area contributed by atoms with Crippen molar-refractivity contribution in [2.24, 2.45) is 4.99 Å². The van der Waals surface area contributed by atoms with Gasteiger partial charge in [0.25, 0.3) is 0 Å². The van der Waals surface area contributed by atoms with Crippen molar-refractivity contribution in [3.63, 3.8) is 0 Å². The summed E-state index contributed by atoms with van der Waals surface area (Å²) in [5, 5.41) is 6.66. The number of methoxy groups -OCH3 is 2. The Balaban J connectivity index is 0.00000385. The van der Waals surface area contributed by atoms with E-state index in [4.69, 9.17) is 9.47 Å². The summed E-state index contributed by atoms with van der Waals surface area (Å²) in [4.78, 5) is 8.51. The van der Waals surface area contributed by atoms with E-state index in [0.717, 1.165) is 30.3 Å². The molecule has 1 aromatic heterocycles. The van der Waals surface area contributed by atoms with Crippen molar-refractivity contribution in [2.45, 2.75) is 57.5 Å². The zero-order chi connectivity index (χ0) is 23.0. The summed E-state index contributed by atoms with van der Waals surface area (Å²) < 4.78 is 38.0. The number of nitrogens with zero attached hydrogens (tertiary/aromatic N) is 3. The lowest BCUT2D eigenvalue weighted by atomic mass is 9.69. The van der Waals surface area contributed by atoms with Gasteiger partial charge in [0.1, 0.15) is 12.4 Å². The third kappa shape index (κ3) is 6.70. The Morgan fingerprint density at radius 3 is 2.52 bits per heavy atom. The lowest BCUT2D eigenvalue weighted by molar-refractivity contribution is 0.0671. The van der Waals surface area contributed by atoms with Gasteiger partial charge in [0.15, 0.2) is 17.5 Å². The molecule has 2 N–H and O–H groups in total. The predicted molar refractivity (Wildman–Crippen MR) is 136 cm³/mol. The van der Waals surface area contributed by atoms with E-state index < -0.39 is 6.55 Å². The van der Waals surface area contributed by atoms with E-state index in [2.05, 4.69) is 32.7 Å². The standard InChI is InChI=1S/C23H33F2N5O2.HI/c1-4-26-22(28-15-20-27-12-13-30(20)21(24)25)29-16-23(10-6-5-7-11-23)17-8-9-18(31-2)19(14-17)32-3;/h8-9,12-14,21H,4-7,10-11,15-16H2,1-3H3,(H2,26,28,29);1H. The van der Waals surface area contributed by atoms with Gasteiger partial charge in [-0.15, -0.1) is 24.0 Å². The third-order valence-corrected chi connectivity index (χ3v) is 6.08. The van der Waals surface area contributed by atoms with Gasteiger partial charge in [-0.1, -0.05) is 25.3 Å². The first kappa shape index (κ1) is 27.1. The van der Waals surface area contributed by atoms with E-state index in [1.54, 1.807) is 14.2 Å². The van der Waals surface area contributed by atoms with Gasteiger partial charge in [0.2, 0.25) is 0 Å². The maximum absolute atomic E-state index is 13.1. The maximum Gasteiger partial charge on any atom is 0.319 e. The Kier molecular flexibility index (Phi) is 10.6. The van der Waals surface area contributed by atoms with Gasteiger partial charge in [0.05, 0.1) is 14.2 Å². The van der Waals surface area contributed by atoms with Crippen LogP contribution in [-0.2, 0) is 12.0 Å². The van der Waals surface area contributed by atoms with Crippen molar-refractivity contribution >= 4 is 29.9 Å². The fraction of sp³-hybridized carbons (Fsp3) is 0.565. The van der Waals surface area contributed by atoms with Crippen LogP contribution in [-0.4, -0.2) is 42.8 Å². The second kappa shape index (κ2) is 13.0. The highest BCUT2D eigenvalue weighted by Gasteiger charge is 2.34. The number of aliphatic imine (C=N–C) groups is 1. The van der Waals surface area contributed by atoms with Crippen LogP contribution in [0.4, 0.5) is 8.78 Å². The highest BCUT2D eigenvalue weighted by Crippen LogP contribution is 2.42. The first-order valence-electron chi connectivity index (χ1n) is 11.1. The van der Waals surface area contributed by atoms with Crippen LogP contribution < -0.4 is 20.1 Å². The van der Waals surface area contributed by atoms with E-state index in [9.17, 15) is 8.78 Å². The molecule has 1 aliphatic rings. The molecule has 1 fully saturated rings. The lowest BCUT2D eigenvalue weighted by Gasteiger charge is -2.38. The van der Waals surface area contributed by atoms with Crippen molar-refractivity contribution in [1.29, 1.82) is 0 Å². The minimum Gasteiger partial charge on any atom is -0.493 e. The predicted octanol–water partition coefficient (Wildman–Crippen LogP) is 4.87. The number of rotatable bonds is 9. The van der Waals surface area contributed by atoms with Crippen molar-refractivity contribution in [3.05, 3.63) is 42.0 Å². The van der Waals surface area contributed by atoms with Gasteiger partial charge < -0.3 is 20.1 Å². The average molecular weight is 577 g/mol. The summed E-state index contributed by atoms with van der Waals surface area (Å²) >= 11 is 0. The summed E-state index contributed by atoms with van der Waals surface area (Å²) in [5.74, 6) is 2.24. The minimum absolute atomic E-state index is 0.